The largest absolute Gasteiger partial charge is 0.451 e. The molecule has 1 unspecified atom stereocenters. The molecule has 1 amide bonds. The van der Waals surface area contributed by atoms with Crippen molar-refractivity contribution in [1.29, 1.82) is 0 Å². The first-order valence-electron chi connectivity index (χ1n) is 9.72. The van der Waals surface area contributed by atoms with E-state index in [-0.39, 0.29) is 13.0 Å². The average Bonchev–Trinajstić information content (AvgIpc) is 3.08. The van der Waals surface area contributed by atoms with Crippen LogP contribution in [0.3, 0.4) is 0 Å². The monoisotopic (exact) mass is 397 g/mol. The molecule has 154 valence electrons. The normalized spacial score (nSPS) is 19.3. The van der Waals surface area contributed by atoms with E-state index in [0.717, 1.165) is 11.1 Å². The fourth-order valence-corrected chi connectivity index (χ4v) is 3.34. The van der Waals surface area contributed by atoms with Gasteiger partial charge in [0, 0.05) is 6.42 Å². The van der Waals surface area contributed by atoms with Crippen LogP contribution in [0, 0.1) is 0 Å². The first kappa shape index (κ1) is 20.9. The van der Waals surface area contributed by atoms with Crippen molar-refractivity contribution < 1.29 is 24.2 Å². The van der Waals surface area contributed by atoms with E-state index in [1.54, 1.807) is 20.8 Å². The van der Waals surface area contributed by atoms with Gasteiger partial charge in [-0.15, -0.1) is 0 Å². The maximum Gasteiger partial charge on any atom is 0.411 e. The highest BCUT2D eigenvalue weighted by Gasteiger charge is 2.42. The van der Waals surface area contributed by atoms with Gasteiger partial charge in [0.05, 0.1) is 12.6 Å². The van der Waals surface area contributed by atoms with Crippen LogP contribution in [0.25, 0.3) is 0 Å². The summed E-state index contributed by atoms with van der Waals surface area (Å²) in [7, 11) is 0. The molecule has 0 radical (unpaired) electrons. The van der Waals surface area contributed by atoms with Gasteiger partial charge in [-0.1, -0.05) is 60.7 Å². The predicted octanol–water partition coefficient (Wildman–Crippen LogP) is 3.69. The van der Waals surface area contributed by atoms with Crippen molar-refractivity contribution in [1.82, 2.24) is 4.90 Å². The minimum absolute atomic E-state index is 0.0377. The number of benzene rings is 2. The van der Waals surface area contributed by atoms with Crippen LogP contribution in [0.4, 0.5) is 4.79 Å². The zero-order valence-corrected chi connectivity index (χ0v) is 16.9. The SMILES string of the molecule is CC(C)(C)OC(=O)N1CC(O)C[C@@H]1C(=O)OC(c1ccccc1)c1ccccc1. The molecule has 29 heavy (non-hydrogen) atoms. The number of esters is 1. The standard InChI is InChI=1S/C23H27NO5/c1-23(2,3)29-22(27)24-15-18(25)14-19(24)21(26)28-20(16-10-6-4-7-11-16)17-12-8-5-9-13-17/h4-13,18-20,25H,14-15H2,1-3H3/t18?,19-/m1/s1. The van der Waals surface area contributed by atoms with Gasteiger partial charge in [-0.3, -0.25) is 4.90 Å². The molecule has 0 bridgehead atoms. The number of amides is 1. The molecular weight excluding hydrogens is 370 g/mol. The highest BCUT2D eigenvalue weighted by molar-refractivity contribution is 5.82. The second-order valence-corrected chi connectivity index (χ2v) is 8.18. The van der Waals surface area contributed by atoms with Gasteiger partial charge in [0.1, 0.15) is 11.6 Å². The number of β-amino-alcohol motifs (C(OH)–C–C–N with tert-alkyl or cyclic N) is 1. The summed E-state index contributed by atoms with van der Waals surface area (Å²) in [6.07, 6.45) is -1.92. The molecule has 0 saturated carbocycles. The number of nitrogens with zero attached hydrogens (tertiary/aromatic N) is 1. The van der Waals surface area contributed by atoms with E-state index >= 15 is 0 Å². The van der Waals surface area contributed by atoms with Gasteiger partial charge in [-0.2, -0.15) is 0 Å². The van der Waals surface area contributed by atoms with Crippen LogP contribution in [0.2, 0.25) is 0 Å². The molecule has 0 aromatic heterocycles. The Labute approximate surface area is 171 Å². The summed E-state index contributed by atoms with van der Waals surface area (Å²) in [5, 5.41) is 10.1. The Kier molecular flexibility index (Phi) is 6.23. The number of hydrogen-bond donors (Lipinski definition) is 1. The van der Waals surface area contributed by atoms with Gasteiger partial charge in [-0.25, -0.2) is 9.59 Å². The van der Waals surface area contributed by atoms with Crippen LogP contribution < -0.4 is 0 Å². The quantitative estimate of drug-likeness (QED) is 0.797. The topological polar surface area (TPSA) is 76.1 Å². The maximum absolute atomic E-state index is 13.0. The lowest BCUT2D eigenvalue weighted by molar-refractivity contribution is -0.152. The number of aliphatic hydroxyl groups is 1. The van der Waals surface area contributed by atoms with Gasteiger partial charge < -0.3 is 14.6 Å². The van der Waals surface area contributed by atoms with Crippen molar-refractivity contribution >= 4 is 12.1 Å². The Balaban J connectivity index is 1.82. The summed E-state index contributed by atoms with van der Waals surface area (Å²) in [6.45, 7) is 5.30. The highest BCUT2D eigenvalue weighted by atomic mass is 16.6. The lowest BCUT2D eigenvalue weighted by Gasteiger charge is -2.28. The number of aliphatic hydroxyl groups excluding tert-OH is 1. The van der Waals surface area contributed by atoms with E-state index in [1.165, 1.54) is 4.90 Å². The van der Waals surface area contributed by atoms with Crippen LogP contribution in [0.1, 0.15) is 44.4 Å². The maximum atomic E-state index is 13.0. The summed E-state index contributed by atoms with van der Waals surface area (Å²) in [5.74, 6) is -0.565. The third-order valence-electron chi connectivity index (χ3n) is 4.62. The van der Waals surface area contributed by atoms with E-state index < -0.39 is 35.9 Å². The van der Waals surface area contributed by atoms with Gasteiger partial charge >= 0.3 is 12.1 Å². The number of ether oxygens (including phenoxy) is 2. The molecule has 2 atom stereocenters. The second-order valence-electron chi connectivity index (χ2n) is 8.18. The summed E-state index contributed by atoms with van der Waals surface area (Å²) in [6, 6.07) is 18.0. The lowest BCUT2D eigenvalue weighted by atomic mass is 10.0. The molecule has 1 aliphatic heterocycles. The van der Waals surface area contributed by atoms with Crippen molar-refractivity contribution in [3.8, 4) is 0 Å². The average molecular weight is 397 g/mol. The Bertz CT molecular complexity index is 792. The molecule has 6 nitrogen and oxygen atoms in total. The van der Waals surface area contributed by atoms with Gasteiger partial charge in [0.15, 0.2) is 6.10 Å². The zero-order valence-electron chi connectivity index (χ0n) is 16.9. The van der Waals surface area contributed by atoms with Crippen LogP contribution in [0.15, 0.2) is 60.7 Å². The smallest absolute Gasteiger partial charge is 0.411 e. The molecule has 1 aliphatic rings. The molecule has 6 heteroatoms. The van der Waals surface area contributed by atoms with Crippen LogP contribution >= 0.6 is 0 Å². The number of carbonyl (C=O) groups excluding carboxylic acids is 2. The van der Waals surface area contributed by atoms with Gasteiger partial charge in [0.2, 0.25) is 0 Å². The summed E-state index contributed by atoms with van der Waals surface area (Å²) >= 11 is 0. The Morgan fingerprint density at radius 2 is 1.52 bits per heavy atom. The Hall–Kier alpha value is -2.86. The van der Waals surface area contributed by atoms with E-state index in [1.807, 2.05) is 60.7 Å². The zero-order chi connectivity index (χ0) is 21.0. The summed E-state index contributed by atoms with van der Waals surface area (Å²) in [5.41, 5.74) is 0.958. The fraction of sp³-hybridized carbons (Fsp3) is 0.391. The minimum Gasteiger partial charge on any atom is -0.451 e. The molecule has 2 aromatic rings. The first-order chi connectivity index (χ1) is 13.7. The molecule has 0 spiro atoms. The molecule has 1 saturated heterocycles. The molecule has 1 heterocycles. The number of carbonyl (C=O) groups is 2. The van der Waals surface area contributed by atoms with Crippen LogP contribution in [0.5, 0.6) is 0 Å². The number of hydrogen-bond acceptors (Lipinski definition) is 5. The second kappa shape index (κ2) is 8.66. The van der Waals surface area contributed by atoms with Crippen molar-refractivity contribution in [2.24, 2.45) is 0 Å². The molecule has 0 aliphatic carbocycles. The molecule has 1 N–H and O–H groups in total. The van der Waals surface area contributed by atoms with E-state index in [0.29, 0.717) is 0 Å². The van der Waals surface area contributed by atoms with Crippen molar-refractivity contribution in [3.05, 3.63) is 71.8 Å². The molecule has 1 fully saturated rings. The Morgan fingerprint density at radius 3 is 2.00 bits per heavy atom. The molecule has 2 aromatic carbocycles. The van der Waals surface area contributed by atoms with E-state index in [4.69, 9.17) is 9.47 Å². The lowest BCUT2D eigenvalue weighted by Crippen LogP contribution is -2.44. The third-order valence-corrected chi connectivity index (χ3v) is 4.62. The summed E-state index contributed by atoms with van der Waals surface area (Å²) in [4.78, 5) is 26.8. The Morgan fingerprint density at radius 1 is 1.00 bits per heavy atom. The summed E-state index contributed by atoms with van der Waals surface area (Å²) < 4.78 is 11.3. The molecule has 3 rings (SSSR count). The number of rotatable bonds is 4. The van der Waals surface area contributed by atoms with E-state index in [2.05, 4.69) is 0 Å². The third kappa shape index (κ3) is 5.35. The fourth-order valence-electron chi connectivity index (χ4n) is 3.34. The van der Waals surface area contributed by atoms with Crippen molar-refractivity contribution in [2.75, 3.05) is 6.54 Å². The van der Waals surface area contributed by atoms with Crippen molar-refractivity contribution in [3.63, 3.8) is 0 Å². The predicted molar refractivity (Wildman–Crippen MR) is 108 cm³/mol. The molecular formula is C23H27NO5. The van der Waals surface area contributed by atoms with Crippen LogP contribution in [-0.4, -0.2) is 46.4 Å². The highest BCUT2D eigenvalue weighted by Crippen LogP contribution is 2.29. The van der Waals surface area contributed by atoms with Crippen molar-refractivity contribution in [2.45, 2.75) is 51.0 Å². The number of likely N-dealkylation sites (tertiary alicyclic amines) is 1. The van der Waals surface area contributed by atoms with Crippen LogP contribution in [-0.2, 0) is 14.3 Å². The first-order valence-corrected chi connectivity index (χ1v) is 9.72. The van der Waals surface area contributed by atoms with E-state index in [9.17, 15) is 14.7 Å². The van der Waals surface area contributed by atoms with Gasteiger partial charge in [-0.05, 0) is 31.9 Å². The van der Waals surface area contributed by atoms with Gasteiger partial charge in [0.25, 0.3) is 0 Å². The minimum atomic E-state index is -0.894.